The van der Waals surface area contributed by atoms with Crippen molar-refractivity contribution in [2.75, 3.05) is 7.05 Å². The predicted molar refractivity (Wildman–Crippen MR) is 83.3 cm³/mol. The third-order valence-corrected chi connectivity index (χ3v) is 3.85. The van der Waals surface area contributed by atoms with Crippen molar-refractivity contribution in [2.45, 2.75) is 45.4 Å². The topological polar surface area (TPSA) is 61.7 Å². The Hall–Kier alpha value is -0.585. The van der Waals surface area contributed by atoms with Crippen LogP contribution in [0.2, 0.25) is 5.02 Å². The lowest BCUT2D eigenvalue weighted by atomic mass is 9.74. The minimum Gasteiger partial charge on any atom is -0.423 e. The Labute approximate surface area is 126 Å². The van der Waals surface area contributed by atoms with Gasteiger partial charge in [0.15, 0.2) is 0 Å². The molecule has 0 bridgehead atoms. The van der Waals surface area contributed by atoms with E-state index in [4.69, 9.17) is 16.3 Å². The maximum atomic E-state index is 10.3. The third kappa shape index (κ3) is 4.20. The Kier molecular flexibility index (Phi) is 5.64. The molecule has 0 aliphatic carbocycles. The highest BCUT2D eigenvalue weighted by Gasteiger charge is 2.39. The van der Waals surface area contributed by atoms with Gasteiger partial charge in [0.1, 0.15) is 0 Å². The average Bonchev–Trinajstić information content (AvgIpc) is 2.27. The summed E-state index contributed by atoms with van der Waals surface area (Å²) in [5.41, 5.74) is -0.480. The fourth-order valence-corrected chi connectivity index (χ4v) is 1.84. The van der Waals surface area contributed by atoms with E-state index in [9.17, 15) is 10.1 Å². The van der Waals surface area contributed by atoms with Crippen molar-refractivity contribution in [1.82, 2.24) is 5.32 Å². The molecule has 0 atom stereocenters. The summed E-state index contributed by atoms with van der Waals surface area (Å²) < 4.78 is 5.65. The molecule has 1 aromatic carbocycles. The molecule has 0 aliphatic heterocycles. The summed E-state index contributed by atoms with van der Waals surface area (Å²) in [5.74, 6) is 0. The first-order valence-corrected chi connectivity index (χ1v) is 6.97. The highest BCUT2D eigenvalue weighted by molar-refractivity contribution is 6.60. The molecule has 0 saturated carbocycles. The molecular formula is C14H23BClNO3. The van der Waals surface area contributed by atoms with Crippen LogP contribution in [0.4, 0.5) is 0 Å². The van der Waals surface area contributed by atoms with Gasteiger partial charge in [-0.05, 0) is 57.9 Å². The van der Waals surface area contributed by atoms with Gasteiger partial charge in [0, 0.05) is 11.6 Å². The lowest BCUT2D eigenvalue weighted by molar-refractivity contribution is -0.0982. The maximum absolute atomic E-state index is 10.3. The molecule has 4 nitrogen and oxygen atoms in total. The zero-order chi connectivity index (χ0) is 15.6. The van der Waals surface area contributed by atoms with E-state index in [1.165, 1.54) is 0 Å². The van der Waals surface area contributed by atoms with Gasteiger partial charge in [0.05, 0.1) is 11.2 Å². The predicted octanol–water partition coefficient (Wildman–Crippen LogP) is 1.31. The molecule has 0 radical (unpaired) electrons. The van der Waals surface area contributed by atoms with Crippen molar-refractivity contribution < 1.29 is 14.8 Å². The summed E-state index contributed by atoms with van der Waals surface area (Å²) in [4.78, 5) is 0. The summed E-state index contributed by atoms with van der Waals surface area (Å²) >= 11 is 5.97. The van der Waals surface area contributed by atoms with Gasteiger partial charge in [-0.25, -0.2) is 0 Å². The maximum Gasteiger partial charge on any atom is 0.491 e. The number of halogens is 1. The monoisotopic (exact) mass is 299 g/mol. The van der Waals surface area contributed by atoms with Gasteiger partial charge < -0.3 is 20.1 Å². The molecule has 112 valence electrons. The molecule has 1 rings (SSSR count). The van der Waals surface area contributed by atoms with E-state index in [1.807, 2.05) is 7.05 Å². The molecule has 0 heterocycles. The number of hydrogen-bond donors (Lipinski definition) is 3. The lowest BCUT2D eigenvalue weighted by Crippen LogP contribution is -2.53. The van der Waals surface area contributed by atoms with E-state index >= 15 is 0 Å². The van der Waals surface area contributed by atoms with Gasteiger partial charge >= 0.3 is 7.12 Å². The van der Waals surface area contributed by atoms with E-state index in [-0.39, 0.29) is 0 Å². The van der Waals surface area contributed by atoms with Crippen LogP contribution in [0, 0.1) is 0 Å². The van der Waals surface area contributed by atoms with Crippen LogP contribution < -0.4 is 10.8 Å². The molecule has 0 aliphatic rings. The standard InChI is InChI=1S/C14H23BClNO3/c1-13(2,18)14(3,4)20-15(19)12-7-6-11(16)8-10(12)9-17-5/h6-8,17-19H,9H2,1-5H3. The molecule has 0 unspecified atom stereocenters. The lowest BCUT2D eigenvalue weighted by Gasteiger charge is -2.38. The van der Waals surface area contributed by atoms with Crippen LogP contribution in [0.5, 0.6) is 0 Å². The molecule has 0 amide bonds. The summed E-state index contributed by atoms with van der Waals surface area (Å²) in [6.07, 6.45) is 0. The Morgan fingerprint density at radius 2 is 1.90 bits per heavy atom. The van der Waals surface area contributed by atoms with Crippen molar-refractivity contribution in [3.05, 3.63) is 28.8 Å². The Balaban J connectivity index is 3.01. The quantitative estimate of drug-likeness (QED) is 0.693. The van der Waals surface area contributed by atoms with Crippen LogP contribution in [-0.2, 0) is 11.2 Å². The number of aliphatic hydroxyl groups is 1. The van der Waals surface area contributed by atoms with Crippen molar-refractivity contribution in [3.63, 3.8) is 0 Å². The Morgan fingerprint density at radius 1 is 1.30 bits per heavy atom. The minimum atomic E-state index is -1.13. The molecule has 0 aromatic heterocycles. The van der Waals surface area contributed by atoms with Gasteiger partial charge in [-0.2, -0.15) is 0 Å². The largest absolute Gasteiger partial charge is 0.491 e. The van der Waals surface area contributed by atoms with Crippen molar-refractivity contribution in [3.8, 4) is 0 Å². The summed E-state index contributed by atoms with van der Waals surface area (Å²) in [7, 11) is 0.690. The summed E-state index contributed by atoms with van der Waals surface area (Å²) in [6.45, 7) is 7.35. The molecular weight excluding hydrogens is 276 g/mol. The highest BCUT2D eigenvalue weighted by atomic mass is 35.5. The zero-order valence-electron chi connectivity index (χ0n) is 12.7. The first-order valence-electron chi connectivity index (χ1n) is 6.59. The molecule has 6 heteroatoms. The van der Waals surface area contributed by atoms with Crippen LogP contribution in [-0.4, -0.2) is 35.5 Å². The van der Waals surface area contributed by atoms with Crippen LogP contribution in [0.25, 0.3) is 0 Å². The number of hydrogen-bond acceptors (Lipinski definition) is 4. The SMILES string of the molecule is CNCc1cc(Cl)ccc1B(O)OC(C)(C)C(C)(C)O. The van der Waals surface area contributed by atoms with Crippen LogP contribution >= 0.6 is 11.6 Å². The fraction of sp³-hybridized carbons (Fsp3) is 0.571. The molecule has 0 fully saturated rings. The van der Waals surface area contributed by atoms with E-state index < -0.39 is 18.3 Å². The van der Waals surface area contributed by atoms with Crippen molar-refractivity contribution >= 4 is 24.2 Å². The second-order valence-corrected chi connectivity index (χ2v) is 6.35. The van der Waals surface area contributed by atoms with Gasteiger partial charge in [-0.1, -0.05) is 17.7 Å². The second kappa shape index (κ2) is 6.45. The number of nitrogens with one attached hydrogen (secondary N) is 1. The smallest absolute Gasteiger partial charge is 0.423 e. The van der Waals surface area contributed by atoms with E-state index in [2.05, 4.69) is 5.32 Å². The summed E-state index contributed by atoms with van der Waals surface area (Å²) in [5, 5.41) is 24.0. The normalized spacial score (nSPS) is 12.6. The van der Waals surface area contributed by atoms with Gasteiger partial charge in [0.2, 0.25) is 0 Å². The van der Waals surface area contributed by atoms with E-state index in [0.717, 1.165) is 5.56 Å². The van der Waals surface area contributed by atoms with E-state index in [1.54, 1.807) is 45.9 Å². The minimum absolute atomic E-state index is 0.569. The van der Waals surface area contributed by atoms with Crippen molar-refractivity contribution in [1.29, 1.82) is 0 Å². The van der Waals surface area contributed by atoms with E-state index in [0.29, 0.717) is 17.0 Å². The highest BCUT2D eigenvalue weighted by Crippen LogP contribution is 2.25. The Morgan fingerprint density at radius 3 is 2.40 bits per heavy atom. The van der Waals surface area contributed by atoms with Crippen LogP contribution in [0.3, 0.4) is 0 Å². The third-order valence-electron chi connectivity index (χ3n) is 3.62. The molecule has 1 aromatic rings. The van der Waals surface area contributed by atoms with Gasteiger partial charge in [-0.15, -0.1) is 0 Å². The zero-order valence-corrected chi connectivity index (χ0v) is 13.5. The van der Waals surface area contributed by atoms with Crippen molar-refractivity contribution in [2.24, 2.45) is 0 Å². The van der Waals surface area contributed by atoms with Crippen LogP contribution in [0.1, 0.15) is 33.3 Å². The fourth-order valence-electron chi connectivity index (χ4n) is 1.65. The molecule has 3 N–H and O–H groups in total. The Bertz CT molecular complexity index is 460. The van der Waals surface area contributed by atoms with Gasteiger partial charge in [-0.3, -0.25) is 0 Å². The number of benzene rings is 1. The first kappa shape index (κ1) is 17.5. The average molecular weight is 300 g/mol. The first-order chi connectivity index (χ1) is 9.08. The van der Waals surface area contributed by atoms with Gasteiger partial charge in [0.25, 0.3) is 0 Å². The molecule has 20 heavy (non-hydrogen) atoms. The number of rotatable bonds is 6. The second-order valence-electron chi connectivity index (χ2n) is 5.91. The van der Waals surface area contributed by atoms with Crippen LogP contribution in [0.15, 0.2) is 18.2 Å². The molecule has 0 spiro atoms. The molecule has 0 saturated heterocycles. The summed E-state index contributed by atoms with van der Waals surface area (Å²) in [6, 6.07) is 5.23.